The largest absolute Gasteiger partial charge is 0.370 e. The number of thiol groups is 1. The van der Waals surface area contributed by atoms with Crippen molar-refractivity contribution in [2.24, 2.45) is 35.0 Å². The number of aromatic amines is 2. The van der Waals surface area contributed by atoms with E-state index in [1.54, 1.807) is 56.4 Å². The van der Waals surface area contributed by atoms with E-state index >= 15 is 0 Å². The third-order valence-corrected chi connectivity index (χ3v) is 13.6. The Balaban J connectivity index is 1.42. The van der Waals surface area contributed by atoms with Crippen LogP contribution in [0.25, 0.3) is 10.9 Å². The molecule has 0 radical (unpaired) electrons. The molecule has 0 unspecified atom stereocenters. The van der Waals surface area contributed by atoms with E-state index in [4.69, 9.17) is 17.2 Å². The predicted molar refractivity (Wildman–Crippen MR) is 312 cm³/mol. The van der Waals surface area contributed by atoms with Crippen LogP contribution < -0.4 is 65.1 Å². The summed E-state index contributed by atoms with van der Waals surface area (Å²) >= 11 is 4.27. The van der Waals surface area contributed by atoms with Gasteiger partial charge in [0.1, 0.15) is 48.3 Å². The van der Waals surface area contributed by atoms with E-state index in [0.717, 1.165) is 16.5 Å². The molecule has 26 nitrogen and oxygen atoms in total. The van der Waals surface area contributed by atoms with Gasteiger partial charge in [-0.3, -0.25) is 52.7 Å². The van der Waals surface area contributed by atoms with Gasteiger partial charge in [0.2, 0.25) is 65.0 Å². The van der Waals surface area contributed by atoms with Crippen LogP contribution in [-0.4, -0.2) is 147 Å². The van der Waals surface area contributed by atoms with Gasteiger partial charge in [0, 0.05) is 54.0 Å². The van der Waals surface area contributed by atoms with Gasteiger partial charge < -0.3 is 75.0 Å². The number of primary amides is 2. The molecule has 0 aliphatic carbocycles. The van der Waals surface area contributed by atoms with E-state index in [2.05, 4.69) is 75.4 Å². The number of nitrogens with one attached hydrogen (secondary N) is 11. The van der Waals surface area contributed by atoms with Gasteiger partial charge in [-0.2, -0.15) is 12.6 Å². The smallest absolute Gasteiger partial charge is 0.244 e. The molecule has 2 aromatic carbocycles. The number of hydrogen-bond acceptors (Lipinski definition) is 14. The number of nitrogens with two attached hydrogens (primary N) is 3. The molecule has 4 rings (SSSR count). The molecule has 0 bridgehead atoms. The summed E-state index contributed by atoms with van der Waals surface area (Å²) in [5.74, 6) is -9.45. The molecule has 2 heterocycles. The van der Waals surface area contributed by atoms with Crippen molar-refractivity contribution in [2.45, 2.75) is 148 Å². The minimum absolute atomic E-state index is 0.0166. The van der Waals surface area contributed by atoms with Gasteiger partial charge in [-0.25, -0.2) is 4.98 Å². The van der Waals surface area contributed by atoms with Crippen LogP contribution in [0.15, 0.2) is 73.3 Å². The number of fused-ring (bicyclic) bond motifs is 1. The molecular formula is C56H81N15O11S. The fourth-order valence-electron chi connectivity index (χ4n) is 8.77. The third-order valence-electron chi connectivity index (χ3n) is 13.3. The van der Waals surface area contributed by atoms with Crippen molar-refractivity contribution >= 4 is 88.5 Å². The Morgan fingerprint density at radius 2 is 1.12 bits per heavy atom. The van der Waals surface area contributed by atoms with Crippen molar-refractivity contribution < 1.29 is 52.7 Å². The first kappa shape index (κ1) is 67.2. The fourth-order valence-corrected chi connectivity index (χ4v) is 9.03. The number of amides is 11. The van der Waals surface area contributed by atoms with Crippen LogP contribution in [0, 0.1) is 17.8 Å². The number of nitrogens with zero attached hydrogens (tertiary/aromatic N) is 1. The van der Waals surface area contributed by atoms with Crippen molar-refractivity contribution in [3.8, 4) is 0 Å². The number of imidazole rings is 1. The first-order valence-corrected chi connectivity index (χ1v) is 28.1. The Morgan fingerprint density at radius 1 is 0.566 bits per heavy atom. The summed E-state index contributed by atoms with van der Waals surface area (Å²) < 4.78 is 0. The zero-order valence-electron chi connectivity index (χ0n) is 47.8. The first-order chi connectivity index (χ1) is 39.3. The topological polar surface area (TPSA) is 419 Å². The number of aromatic nitrogens is 3. The molecule has 27 heteroatoms. The zero-order valence-corrected chi connectivity index (χ0v) is 48.7. The van der Waals surface area contributed by atoms with Crippen molar-refractivity contribution in [3.05, 3.63) is 90.1 Å². The molecule has 0 aliphatic heterocycles. The lowest BCUT2D eigenvalue weighted by Crippen LogP contribution is -2.60. The molecule has 452 valence electrons. The van der Waals surface area contributed by atoms with E-state index in [9.17, 15) is 52.7 Å². The van der Waals surface area contributed by atoms with E-state index < -0.39 is 132 Å². The second kappa shape index (κ2) is 32.9. The van der Waals surface area contributed by atoms with Crippen molar-refractivity contribution in [3.63, 3.8) is 0 Å². The van der Waals surface area contributed by atoms with Crippen LogP contribution in [0.3, 0.4) is 0 Å². The molecule has 9 atom stereocenters. The quantitative estimate of drug-likeness (QED) is 0.0242. The number of benzene rings is 2. The summed E-state index contributed by atoms with van der Waals surface area (Å²) in [6, 6.07) is 4.98. The summed E-state index contributed by atoms with van der Waals surface area (Å²) in [6.07, 6.45) is 4.32. The normalized spacial score (nSPS) is 14.6. The molecule has 11 amide bonds. The average Bonchev–Trinajstić information content (AvgIpc) is 4.23. The number of carbonyl (C=O) groups excluding carboxylic acids is 11. The molecule has 0 spiro atoms. The highest BCUT2D eigenvalue weighted by atomic mass is 32.1. The van der Waals surface area contributed by atoms with E-state index in [-0.39, 0.29) is 62.5 Å². The van der Waals surface area contributed by atoms with Crippen LogP contribution in [0.2, 0.25) is 0 Å². The van der Waals surface area contributed by atoms with E-state index in [0.29, 0.717) is 11.3 Å². The van der Waals surface area contributed by atoms with Gasteiger partial charge in [0.15, 0.2) is 0 Å². The highest BCUT2D eigenvalue weighted by Gasteiger charge is 2.35. The Morgan fingerprint density at radius 3 is 1.73 bits per heavy atom. The predicted octanol–water partition coefficient (Wildman–Crippen LogP) is -1.31. The Bertz CT molecular complexity index is 2860. The maximum atomic E-state index is 14.2. The number of H-pyrrole nitrogens is 2. The number of rotatable bonds is 34. The maximum absolute atomic E-state index is 14.2. The van der Waals surface area contributed by atoms with Gasteiger partial charge in [0.05, 0.1) is 18.9 Å². The number of carbonyl (C=O) groups is 11. The van der Waals surface area contributed by atoms with Gasteiger partial charge in [-0.1, -0.05) is 90.1 Å². The molecule has 0 saturated heterocycles. The lowest BCUT2D eigenvalue weighted by Gasteiger charge is -2.27. The van der Waals surface area contributed by atoms with Crippen molar-refractivity contribution in [2.75, 3.05) is 12.3 Å². The number of para-hydroxylation sites is 1. The molecule has 17 N–H and O–H groups in total. The molecular weight excluding hydrogens is 1090 g/mol. The summed E-state index contributed by atoms with van der Waals surface area (Å²) in [5.41, 5.74) is 19.8. The minimum Gasteiger partial charge on any atom is -0.370 e. The van der Waals surface area contributed by atoms with Crippen LogP contribution in [0.1, 0.15) is 91.0 Å². The first-order valence-electron chi connectivity index (χ1n) is 27.5. The number of hydrogen-bond donors (Lipinski definition) is 15. The lowest BCUT2D eigenvalue weighted by atomic mass is 9.99. The molecule has 2 aromatic heterocycles. The monoisotopic (exact) mass is 1170 g/mol. The van der Waals surface area contributed by atoms with Crippen molar-refractivity contribution in [1.29, 1.82) is 0 Å². The van der Waals surface area contributed by atoms with Gasteiger partial charge in [0.25, 0.3) is 0 Å². The summed E-state index contributed by atoms with van der Waals surface area (Å²) in [6.45, 7) is 11.3. The standard InChI is InChI=1S/C56H81N15O11S/c1-29(2)19-40(48(59)74)67-53(79)41(20-30(3)4)68-54(80)43(23-35-25-60-28-63-35)65-46(73)26-62-56(82)47(31(5)6)71-55(81)44(27-83)70-49(75)32(7)64-52(78)42(22-34-24-61-38-16-12-11-15-36(34)38)69-51(77)39(17-18-45(58)72)66-50(76)37(57)21-33-13-9-8-10-14-33/h8-16,24-25,28-32,37,39-44,47,61,83H,17-23,26-27,57H2,1-7H3,(H2,58,72)(H2,59,74)(H,60,63)(H,62,82)(H,64,78)(H,65,73)(H,66,76)(H,67,79)(H,68,80)(H,69,77)(H,70,75)(H,71,81)/t32-,37+,39-,40-,41-,42-,43-,44-,47-/m0/s1. The fraction of sp³-hybridized carbons (Fsp3) is 0.500. The van der Waals surface area contributed by atoms with E-state index in [1.165, 1.54) is 19.4 Å². The molecule has 0 aliphatic rings. The van der Waals surface area contributed by atoms with E-state index in [1.807, 2.05) is 45.9 Å². The van der Waals surface area contributed by atoms with Gasteiger partial charge in [-0.15, -0.1) is 0 Å². The minimum atomic E-state index is -1.38. The second-order valence-corrected chi connectivity index (χ2v) is 22.0. The zero-order chi connectivity index (χ0) is 61.5. The molecule has 83 heavy (non-hydrogen) atoms. The lowest BCUT2D eigenvalue weighted by molar-refractivity contribution is -0.135. The Hall–Kier alpha value is -8.33. The molecule has 0 fully saturated rings. The van der Waals surface area contributed by atoms with Gasteiger partial charge in [-0.05, 0) is 67.6 Å². The SMILES string of the molecule is CC(C)C[C@H](NC(=O)[C@H](CC(C)C)NC(=O)[C@H](Cc1cnc[nH]1)NC(=O)CNC(=O)[C@@H](NC(=O)[C@H](CS)NC(=O)[C@H](C)NC(=O)[C@H](Cc1c[nH]c2ccccc12)NC(=O)[C@H](CCC(N)=O)NC(=O)[C@H](N)Cc1ccccc1)C(C)C)C(N)=O. The molecule has 0 saturated carbocycles. The average molecular weight is 1170 g/mol. The second-order valence-electron chi connectivity index (χ2n) is 21.6. The molecule has 4 aromatic rings. The van der Waals surface area contributed by atoms with Crippen LogP contribution in [0.5, 0.6) is 0 Å². The van der Waals surface area contributed by atoms with Crippen LogP contribution in [0.4, 0.5) is 0 Å². The Kier molecular flexibility index (Phi) is 26.7. The highest BCUT2D eigenvalue weighted by molar-refractivity contribution is 7.80. The highest BCUT2D eigenvalue weighted by Crippen LogP contribution is 2.20. The van der Waals surface area contributed by atoms with Gasteiger partial charge >= 0.3 is 0 Å². The van der Waals surface area contributed by atoms with Crippen molar-refractivity contribution in [1.82, 2.24) is 62.8 Å². The van der Waals surface area contributed by atoms with Crippen LogP contribution in [-0.2, 0) is 72.0 Å². The summed E-state index contributed by atoms with van der Waals surface area (Å²) in [5, 5.41) is 24.1. The maximum Gasteiger partial charge on any atom is 0.244 e. The third kappa shape index (κ3) is 22.2. The Labute approximate surface area is 487 Å². The van der Waals surface area contributed by atoms with Crippen LogP contribution >= 0.6 is 12.6 Å². The summed E-state index contributed by atoms with van der Waals surface area (Å²) in [7, 11) is 0. The summed E-state index contributed by atoms with van der Waals surface area (Å²) in [4.78, 5) is 158.